The number of hydrogen-bond donors (Lipinski definition) is 1. The first kappa shape index (κ1) is 13.4. The Labute approximate surface area is 109 Å². The maximum atomic E-state index is 12.6. The number of sulfonamides is 1. The highest BCUT2D eigenvalue weighted by atomic mass is 32.2. The van der Waals surface area contributed by atoms with Gasteiger partial charge in [-0.15, -0.1) is 0 Å². The molecule has 0 bridgehead atoms. The minimum atomic E-state index is -3.37. The summed E-state index contributed by atoms with van der Waals surface area (Å²) in [5, 5.41) is 0. The van der Waals surface area contributed by atoms with Crippen LogP contribution in [0.15, 0.2) is 23.1 Å². The fourth-order valence-electron chi connectivity index (χ4n) is 2.62. The molecule has 1 aliphatic rings. The molecule has 0 saturated carbocycles. The molecule has 0 aromatic heterocycles. The zero-order valence-corrected chi connectivity index (χ0v) is 11.7. The van der Waals surface area contributed by atoms with Gasteiger partial charge < -0.3 is 5.73 Å². The highest BCUT2D eigenvalue weighted by Crippen LogP contribution is 2.29. The Morgan fingerprint density at radius 1 is 1.44 bits per heavy atom. The van der Waals surface area contributed by atoms with Crippen molar-refractivity contribution in [2.24, 2.45) is 0 Å². The summed E-state index contributed by atoms with van der Waals surface area (Å²) in [6.07, 6.45) is 2.78. The largest absolute Gasteiger partial charge is 0.399 e. The lowest BCUT2D eigenvalue weighted by Gasteiger charge is -2.23. The van der Waals surface area contributed by atoms with Crippen molar-refractivity contribution in [3.63, 3.8) is 0 Å². The van der Waals surface area contributed by atoms with Gasteiger partial charge in [0.05, 0.1) is 4.90 Å². The van der Waals surface area contributed by atoms with Crippen molar-refractivity contribution in [2.75, 3.05) is 12.3 Å². The van der Waals surface area contributed by atoms with Gasteiger partial charge in [0.25, 0.3) is 0 Å². The van der Waals surface area contributed by atoms with Gasteiger partial charge in [-0.2, -0.15) is 4.31 Å². The third kappa shape index (κ3) is 2.24. The lowest BCUT2D eigenvalue weighted by atomic mass is 10.2. The molecular weight excluding hydrogens is 248 g/mol. The maximum absolute atomic E-state index is 12.6. The second-order valence-corrected chi connectivity index (χ2v) is 6.70. The van der Waals surface area contributed by atoms with Crippen LogP contribution in [0.5, 0.6) is 0 Å². The smallest absolute Gasteiger partial charge is 0.243 e. The fourth-order valence-corrected chi connectivity index (χ4v) is 4.60. The maximum Gasteiger partial charge on any atom is 0.243 e. The molecule has 1 heterocycles. The number of benzene rings is 1. The third-order valence-corrected chi connectivity index (χ3v) is 5.69. The number of nitrogens with zero attached hydrogens (tertiary/aromatic N) is 1. The van der Waals surface area contributed by atoms with Crippen molar-refractivity contribution in [1.82, 2.24) is 4.31 Å². The Morgan fingerprint density at radius 3 is 2.78 bits per heavy atom. The van der Waals surface area contributed by atoms with Crippen molar-refractivity contribution in [2.45, 2.75) is 44.0 Å². The first-order chi connectivity index (χ1) is 8.46. The quantitative estimate of drug-likeness (QED) is 0.854. The molecule has 0 amide bonds. The molecule has 4 nitrogen and oxygen atoms in total. The lowest BCUT2D eigenvalue weighted by molar-refractivity contribution is 0.379. The van der Waals surface area contributed by atoms with E-state index in [1.807, 2.05) is 6.92 Å². The van der Waals surface area contributed by atoms with Crippen LogP contribution >= 0.6 is 0 Å². The molecule has 1 aromatic rings. The van der Waals surface area contributed by atoms with Gasteiger partial charge >= 0.3 is 0 Å². The zero-order valence-electron chi connectivity index (χ0n) is 10.9. The Balaban J connectivity index is 2.42. The number of rotatable bonds is 3. The van der Waals surface area contributed by atoms with Crippen molar-refractivity contribution in [3.05, 3.63) is 23.8 Å². The van der Waals surface area contributed by atoms with Crippen LogP contribution in [-0.4, -0.2) is 25.3 Å². The molecule has 1 saturated heterocycles. The van der Waals surface area contributed by atoms with Crippen LogP contribution in [0.4, 0.5) is 5.69 Å². The summed E-state index contributed by atoms with van der Waals surface area (Å²) in [7, 11) is -3.37. The van der Waals surface area contributed by atoms with Gasteiger partial charge in [0, 0.05) is 18.3 Å². The molecule has 100 valence electrons. The lowest BCUT2D eigenvalue weighted by Crippen LogP contribution is -2.35. The standard InChI is InChI=1S/C13H20N2O2S/c1-3-12-5-4-8-15(12)18(16,17)13-7-6-11(14)9-10(13)2/h6-7,9,12H,3-5,8,14H2,1-2H3. The molecule has 1 aliphatic heterocycles. The van der Waals surface area contributed by atoms with Gasteiger partial charge in [0.15, 0.2) is 0 Å². The van der Waals surface area contributed by atoms with Crippen LogP contribution in [0.25, 0.3) is 0 Å². The number of aryl methyl sites for hydroxylation is 1. The highest BCUT2D eigenvalue weighted by Gasteiger charge is 2.34. The molecule has 2 rings (SSSR count). The first-order valence-electron chi connectivity index (χ1n) is 6.34. The first-order valence-corrected chi connectivity index (χ1v) is 7.78. The molecule has 1 fully saturated rings. The molecule has 2 N–H and O–H groups in total. The molecule has 5 heteroatoms. The summed E-state index contributed by atoms with van der Waals surface area (Å²) in [5.41, 5.74) is 6.99. The molecule has 1 unspecified atom stereocenters. The zero-order chi connectivity index (χ0) is 13.3. The predicted octanol–water partition coefficient (Wildman–Crippen LogP) is 2.14. The number of anilines is 1. The summed E-state index contributed by atoms with van der Waals surface area (Å²) in [5.74, 6) is 0. The van der Waals surface area contributed by atoms with Crippen LogP contribution < -0.4 is 5.73 Å². The molecule has 1 atom stereocenters. The van der Waals surface area contributed by atoms with E-state index in [4.69, 9.17) is 5.73 Å². The van der Waals surface area contributed by atoms with Gasteiger partial charge in [-0.05, 0) is 49.9 Å². The van der Waals surface area contributed by atoms with Gasteiger partial charge in [-0.3, -0.25) is 0 Å². The molecule has 0 spiro atoms. The van der Waals surface area contributed by atoms with E-state index in [1.54, 1.807) is 29.4 Å². The fraction of sp³-hybridized carbons (Fsp3) is 0.538. The van der Waals surface area contributed by atoms with E-state index in [2.05, 4.69) is 0 Å². The summed E-state index contributed by atoms with van der Waals surface area (Å²) in [6.45, 7) is 4.46. The molecular formula is C13H20N2O2S. The molecule has 1 aromatic carbocycles. The Morgan fingerprint density at radius 2 is 2.17 bits per heavy atom. The average molecular weight is 268 g/mol. The van der Waals surface area contributed by atoms with E-state index < -0.39 is 10.0 Å². The Hall–Kier alpha value is -1.07. The Bertz CT molecular complexity index is 540. The van der Waals surface area contributed by atoms with Gasteiger partial charge in [-0.25, -0.2) is 8.42 Å². The van der Waals surface area contributed by atoms with Crippen LogP contribution in [-0.2, 0) is 10.0 Å². The van der Waals surface area contributed by atoms with Crippen molar-refractivity contribution in [3.8, 4) is 0 Å². The van der Waals surface area contributed by atoms with Crippen LogP contribution in [0.3, 0.4) is 0 Å². The minimum absolute atomic E-state index is 0.145. The molecule has 18 heavy (non-hydrogen) atoms. The average Bonchev–Trinajstić information content (AvgIpc) is 2.76. The normalized spacial score (nSPS) is 21.3. The van der Waals surface area contributed by atoms with Gasteiger partial charge in [0.2, 0.25) is 10.0 Å². The second kappa shape index (κ2) is 4.90. The van der Waals surface area contributed by atoms with E-state index in [0.717, 1.165) is 24.8 Å². The third-order valence-electron chi connectivity index (χ3n) is 3.58. The van der Waals surface area contributed by atoms with Crippen LogP contribution in [0.1, 0.15) is 31.7 Å². The van der Waals surface area contributed by atoms with Gasteiger partial charge in [0.1, 0.15) is 0 Å². The van der Waals surface area contributed by atoms with Crippen molar-refractivity contribution in [1.29, 1.82) is 0 Å². The molecule has 0 aliphatic carbocycles. The summed E-state index contributed by atoms with van der Waals surface area (Å²) in [4.78, 5) is 0.386. The Kier molecular flexibility index (Phi) is 3.64. The SMILES string of the molecule is CCC1CCCN1S(=O)(=O)c1ccc(N)cc1C. The summed E-state index contributed by atoms with van der Waals surface area (Å²) < 4.78 is 26.9. The number of hydrogen-bond acceptors (Lipinski definition) is 3. The van der Waals surface area contributed by atoms with E-state index in [-0.39, 0.29) is 6.04 Å². The van der Waals surface area contributed by atoms with Crippen molar-refractivity contribution < 1.29 is 8.42 Å². The van der Waals surface area contributed by atoms with E-state index in [9.17, 15) is 8.42 Å². The minimum Gasteiger partial charge on any atom is -0.399 e. The van der Waals surface area contributed by atoms with Crippen LogP contribution in [0.2, 0.25) is 0 Å². The number of nitrogens with two attached hydrogens (primary N) is 1. The van der Waals surface area contributed by atoms with Crippen LogP contribution in [0, 0.1) is 6.92 Å². The second-order valence-electron chi connectivity index (χ2n) is 4.84. The monoisotopic (exact) mass is 268 g/mol. The number of nitrogen functional groups attached to an aromatic ring is 1. The summed E-state index contributed by atoms with van der Waals surface area (Å²) >= 11 is 0. The van der Waals surface area contributed by atoms with Gasteiger partial charge in [-0.1, -0.05) is 6.92 Å². The summed E-state index contributed by atoms with van der Waals surface area (Å²) in [6, 6.07) is 5.12. The van der Waals surface area contributed by atoms with E-state index in [0.29, 0.717) is 17.1 Å². The van der Waals surface area contributed by atoms with E-state index in [1.165, 1.54) is 0 Å². The topological polar surface area (TPSA) is 63.4 Å². The van der Waals surface area contributed by atoms with E-state index >= 15 is 0 Å². The van der Waals surface area contributed by atoms with Crippen molar-refractivity contribution >= 4 is 15.7 Å². The molecule has 0 radical (unpaired) electrons. The highest BCUT2D eigenvalue weighted by molar-refractivity contribution is 7.89. The predicted molar refractivity (Wildman–Crippen MR) is 72.8 cm³/mol.